The molecule has 0 radical (unpaired) electrons. The summed E-state index contributed by atoms with van der Waals surface area (Å²) in [5.74, 6) is -0.565. The first kappa shape index (κ1) is 14.4. The number of carbonyl (C=O) groups is 2. The predicted molar refractivity (Wildman–Crippen MR) is 72.8 cm³/mol. The smallest absolute Gasteiger partial charge is 0.284 e. The molecule has 1 aromatic rings. The number of rotatable bonds is 4. The molecule has 0 heterocycles. The number of aryl methyl sites for hydroxylation is 1. The maximum atomic E-state index is 11.0. The van der Waals surface area contributed by atoms with E-state index in [0.717, 1.165) is 0 Å². The van der Waals surface area contributed by atoms with Crippen molar-refractivity contribution >= 4 is 12.2 Å². The van der Waals surface area contributed by atoms with Crippen molar-refractivity contribution in [1.82, 2.24) is 5.32 Å². The molecule has 0 fully saturated rings. The summed E-state index contributed by atoms with van der Waals surface area (Å²) in [6, 6.07) is 4.20. The molecular weight excluding hydrogens is 226 g/mol. The van der Waals surface area contributed by atoms with Crippen LogP contribution in [-0.2, 0) is 15.0 Å². The second-order valence-electron chi connectivity index (χ2n) is 5.40. The topological polar surface area (TPSA) is 46.2 Å². The Morgan fingerprint density at radius 1 is 1.22 bits per heavy atom. The van der Waals surface area contributed by atoms with Gasteiger partial charge in [0.1, 0.15) is 0 Å². The SMILES string of the molecule is Cc1ccc(C(C)(C)CNC(=O)C=O)c(C)c1C. The van der Waals surface area contributed by atoms with Crippen LogP contribution < -0.4 is 5.32 Å². The van der Waals surface area contributed by atoms with Crippen LogP contribution in [0.3, 0.4) is 0 Å². The van der Waals surface area contributed by atoms with Gasteiger partial charge in [-0.05, 0) is 43.0 Å². The number of hydrogen-bond donors (Lipinski definition) is 1. The van der Waals surface area contributed by atoms with Crippen molar-refractivity contribution in [1.29, 1.82) is 0 Å². The Hall–Kier alpha value is -1.64. The first-order valence-electron chi connectivity index (χ1n) is 6.10. The summed E-state index contributed by atoms with van der Waals surface area (Å²) in [6.45, 7) is 10.9. The van der Waals surface area contributed by atoms with Crippen molar-refractivity contribution in [2.24, 2.45) is 0 Å². The second-order valence-corrected chi connectivity index (χ2v) is 5.40. The molecule has 0 saturated carbocycles. The lowest BCUT2D eigenvalue weighted by Crippen LogP contribution is -2.37. The van der Waals surface area contributed by atoms with Crippen LogP contribution in [-0.4, -0.2) is 18.7 Å². The fourth-order valence-corrected chi connectivity index (χ4v) is 2.13. The third kappa shape index (κ3) is 2.97. The zero-order valence-corrected chi connectivity index (χ0v) is 11.8. The van der Waals surface area contributed by atoms with E-state index in [1.807, 2.05) is 0 Å². The van der Waals surface area contributed by atoms with Gasteiger partial charge in [-0.2, -0.15) is 0 Å². The van der Waals surface area contributed by atoms with Crippen LogP contribution in [0.15, 0.2) is 12.1 Å². The third-order valence-electron chi connectivity index (χ3n) is 3.60. The summed E-state index contributed by atoms with van der Waals surface area (Å²) >= 11 is 0. The van der Waals surface area contributed by atoms with Crippen LogP contribution >= 0.6 is 0 Å². The van der Waals surface area contributed by atoms with Gasteiger partial charge in [0, 0.05) is 12.0 Å². The molecule has 1 N–H and O–H groups in total. The molecule has 0 aromatic heterocycles. The fraction of sp³-hybridized carbons (Fsp3) is 0.467. The Morgan fingerprint density at radius 3 is 2.39 bits per heavy atom. The molecule has 0 bridgehead atoms. The van der Waals surface area contributed by atoms with Crippen molar-refractivity contribution in [3.05, 3.63) is 34.4 Å². The summed E-state index contributed by atoms with van der Waals surface area (Å²) in [7, 11) is 0. The summed E-state index contributed by atoms with van der Waals surface area (Å²) in [5.41, 5.74) is 4.81. The summed E-state index contributed by atoms with van der Waals surface area (Å²) < 4.78 is 0. The van der Waals surface area contributed by atoms with E-state index in [1.54, 1.807) is 0 Å². The van der Waals surface area contributed by atoms with Gasteiger partial charge in [-0.15, -0.1) is 0 Å². The summed E-state index contributed by atoms with van der Waals surface area (Å²) in [5, 5.41) is 2.63. The quantitative estimate of drug-likeness (QED) is 0.655. The van der Waals surface area contributed by atoms with E-state index in [2.05, 4.69) is 52.1 Å². The van der Waals surface area contributed by atoms with E-state index in [4.69, 9.17) is 0 Å². The van der Waals surface area contributed by atoms with Gasteiger partial charge >= 0.3 is 0 Å². The molecule has 0 atom stereocenters. The highest BCUT2D eigenvalue weighted by Gasteiger charge is 2.24. The zero-order chi connectivity index (χ0) is 13.9. The van der Waals surface area contributed by atoms with Gasteiger partial charge in [-0.3, -0.25) is 9.59 Å². The largest absolute Gasteiger partial charge is 0.349 e. The van der Waals surface area contributed by atoms with E-state index < -0.39 is 5.91 Å². The fourth-order valence-electron chi connectivity index (χ4n) is 2.13. The summed E-state index contributed by atoms with van der Waals surface area (Å²) in [4.78, 5) is 21.3. The lowest BCUT2D eigenvalue weighted by Gasteiger charge is -2.28. The Balaban J connectivity index is 3.01. The monoisotopic (exact) mass is 247 g/mol. The van der Waals surface area contributed by atoms with E-state index >= 15 is 0 Å². The maximum Gasteiger partial charge on any atom is 0.284 e. The van der Waals surface area contributed by atoms with Gasteiger partial charge in [0.15, 0.2) is 0 Å². The number of benzene rings is 1. The molecule has 1 amide bonds. The lowest BCUT2D eigenvalue weighted by molar-refractivity contribution is -0.131. The highest BCUT2D eigenvalue weighted by Crippen LogP contribution is 2.28. The van der Waals surface area contributed by atoms with Crippen molar-refractivity contribution in [3.63, 3.8) is 0 Å². The minimum atomic E-state index is -0.565. The molecule has 0 aliphatic heterocycles. The highest BCUT2D eigenvalue weighted by atomic mass is 16.2. The predicted octanol–water partition coefficient (Wildman–Crippen LogP) is 2.20. The van der Waals surface area contributed by atoms with Crippen molar-refractivity contribution < 1.29 is 9.59 Å². The lowest BCUT2D eigenvalue weighted by atomic mass is 9.80. The van der Waals surface area contributed by atoms with E-state index in [0.29, 0.717) is 12.8 Å². The Kier molecular flexibility index (Phi) is 4.28. The molecule has 18 heavy (non-hydrogen) atoms. The van der Waals surface area contributed by atoms with Crippen LogP contribution in [0, 0.1) is 20.8 Å². The molecule has 0 saturated heterocycles. The molecule has 0 spiro atoms. The molecule has 98 valence electrons. The van der Waals surface area contributed by atoms with Crippen molar-refractivity contribution in [2.75, 3.05) is 6.54 Å². The van der Waals surface area contributed by atoms with Gasteiger partial charge in [0.25, 0.3) is 5.91 Å². The van der Waals surface area contributed by atoms with Gasteiger partial charge in [0.05, 0.1) is 0 Å². The van der Waals surface area contributed by atoms with Crippen LogP contribution in [0.5, 0.6) is 0 Å². The van der Waals surface area contributed by atoms with E-state index in [1.165, 1.54) is 22.3 Å². The number of amides is 1. The second kappa shape index (κ2) is 5.34. The van der Waals surface area contributed by atoms with Gasteiger partial charge in [-0.25, -0.2) is 0 Å². The number of hydrogen-bond acceptors (Lipinski definition) is 2. The van der Waals surface area contributed by atoms with Gasteiger partial charge in [0.2, 0.25) is 6.29 Å². The van der Waals surface area contributed by atoms with Gasteiger partial charge in [-0.1, -0.05) is 26.0 Å². The van der Waals surface area contributed by atoms with Gasteiger partial charge < -0.3 is 5.32 Å². The van der Waals surface area contributed by atoms with Crippen LogP contribution in [0.2, 0.25) is 0 Å². The molecule has 1 aromatic carbocycles. The van der Waals surface area contributed by atoms with E-state index in [9.17, 15) is 9.59 Å². The Bertz CT molecular complexity index is 476. The van der Waals surface area contributed by atoms with Crippen LogP contribution in [0.4, 0.5) is 0 Å². The molecular formula is C15H21NO2. The van der Waals surface area contributed by atoms with Crippen molar-refractivity contribution in [2.45, 2.75) is 40.0 Å². The van der Waals surface area contributed by atoms with Crippen LogP contribution in [0.25, 0.3) is 0 Å². The van der Waals surface area contributed by atoms with Crippen molar-refractivity contribution in [3.8, 4) is 0 Å². The zero-order valence-electron chi connectivity index (χ0n) is 11.8. The molecule has 0 aliphatic rings. The number of aldehydes is 1. The average molecular weight is 247 g/mol. The number of nitrogens with one attached hydrogen (secondary N) is 1. The normalized spacial score (nSPS) is 11.2. The first-order chi connectivity index (χ1) is 8.29. The minimum absolute atomic E-state index is 0.193. The highest BCUT2D eigenvalue weighted by molar-refractivity contribution is 6.23. The third-order valence-corrected chi connectivity index (χ3v) is 3.60. The molecule has 0 aliphatic carbocycles. The average Bonchev–Trinajstić information content (AvgIpc) is 2.32. The minimum Gasteiger partial charge on any atom is -0.349 e. The molecule has 1 rings (SSSR count). The van der Waals surface area contributed by atoms with Crippen LogP contribution in [0.1, 0.15) is 36.1 Å². The standard InChI is InChI=1S/C15H21NO2/c1-10-6-7-13(12(3)11(10)2)15(4,5)9-16-14(18)8-17/h6-8H,9H2,1-5H3,(H,16,18). The maximum absolute atomic E-state index is 11.0. The first-order valence-corrected chi connectivity index (χ1v) is 6.10. The Labute approximate surface area is 109 Å². The summed E-state index contributed by atoms with van der Waals surface area (Å²) in [6.07, 6.45) is 0.309. The molecule has 0 unspecified atom stereocenters. The number of carbonyl (C=O) groups excluding carboxylic acids is 2. The molecule has 3 heteroatoms. The Morgan fingerprint density at radius 2 is 1.83 bits per heavy atom. The molecule has 3 nitrogen and oxygen atoms in total. The van der Waals surface area contributed by atoms with E-state index in [-0.39, 0.29) is 5.41 Å².